The lowest BCUT2D eigenvalue weighted by Gasteiger charge is -2.28. The Morgan fingerprint density at radius 2 is 1.29 bits per heavy atom. The van der Waals surface area contributed by atoms with Crippen molar-refractivity contribution in [3.8, 4) is 0 Å². The molecule has 0 spiro atoms. The molecule has 4 aromatic rings. The molecule has 2 nitrogen and oxygen atoms in total. The van der Waals surface area contributed by atoms with Crippen LogP contribution in [0.3, 0.4) is 0 Å². The smallest absolute Gasteiger partial charge is 0.121 e. The largest absolute Gasteiger partial charge is 0.380 e. The van der Waals surface area contributed by atoms with Gasteiger partial charge in [-0.1, -0.05) is 72.8 Å². The normalized spacial score (nSPS) is 11.7. The molecule has 0 bridgehead atoms. The third kappa shape index (κ3) is 2.73. The Labute approximate surface area is 145 Å². The molecule has 0 saturated carbocycles. The van der Waals surface area contributed by atoms with Gasteiger partial charge in [-0.3, -0.25) is 0 Å². The summed E-state index contributed by atoms with van der Waals surface area (Å²) in [4.78, 5) is 4.71. The summed E-state index contributed by atoms with van der Waals surface area (Å²) in [5, 5.41) is 12.5. The van der Waals surface area contributed by atoms with Crippen LogP contribution in [0.2, 0.25) is 0 Å². The molecule has 4 rings (SSSR count). The van der Waals surface area contributed by atoms with E-state index in [4.69, 9.17) is 4.98 Å². The number of aromatic nitrogens is 1. The van der Waals surface area contributed by atoms with E-state index < -0.39 is 5.60 Å². The highest BCUT2D eigenvalue weighted by atomic mass is 32.1. The maximum Gasteiger partial charge on any atom is 0.121 e. The maximum absolute atomic E-state index is 11.6. The molecular weight excluding hydrogens is 314 g/mol. The summed E-state index contributed by atoms with van der Waals surface area (Å²) in [6, 6.07) is 27.8. The van der Waals surface area contributed by atoms with Crippen molar-refractivity contribution in [1.29, 1.82) is 0 Å². The van der Waals surface area contributed by atoms with Gasteiger partial charge in [0.15, 0.2) is 0 Å². The van der Waals surface area contributed by atoms with Gasteiger partial charge in [-0.15, -0.1) is 11.3 Å². The molecule has 0 amide bonds. The van der Waals surface area contributed by atoms with Gasteiger partial charge in [0, 0.05) is 6.42 Å². The number of fused-ring (bicyclic) bond motifs is 1. The molecule has 0 saturated heterocycles. The van der Waals surface area contributed by atoms with Crippen molar-refractivity contribution in [2.45, 2.75) is 12.0 Å². The molecule has 1 heterocycles. The van der Waals surface area contributed by atoms with Crippen molar-refractivity contribution in [1.82, 2.24) is 4.98 Å². The molecule has 24 heavy (non-hydrogen) atoms. The lowest BCUT2D eigenvalue weighted by molar-refractivity contribution is 0.0811. The topological polar surface area (TPSA) is 33.1 Å². The molecule has 3 heteroatoms. The Hall–Kier alpha value is -2.49. The number of benzene rings is 3. The standard InChI is InChI=1S/C21H17NOS/c23-21(16-9-3-1-4-10-16,17-11-5-2-6-12-17)15-20-22-18-13-7-8-14-19(18)24-20/h1-14,23H,15H2. The molecule has 0 aliphatic rings. The zero-order chi connectivity index (χ0) is 16.4. The molecule has 3 aromatic carbocycles. The number of hydrogen-bond donors (Lipinski definition) is 1. The minimum absolute atomic E-state index is 0.459. The van der Waals surface area contributed by atoms with Crippen LogP contribution >= 0.6 is 11.3 Å². The maximum atomic E-state index is 11.6. The molecule has 0 radical (unpaired) electrons. The van der Waals surface area contributed by atoms with Gasteiger partial charge in [0.05, 0.1) is 15.2 Å². The van der Waals surface area contributed by atoms with E-state index in [1.165, 1.54) is 0 Å². The SMILES string of the molecule is OC(Cc1nc2ccccc2s1)(c1ccccc1)c1ccccc1. The fourth-order valence-electron chi connectivity index (χ4n) is 3.01. The number of para-hydroxylation sites is 1. The molecular formula is C21H17NOS. The second-order valence-electron chi connectivity index (χ2n) is 5.84. The first-order valence-electron chi connectivity index (χ1n) is 7.93. The Morgan fingerprint density at radius 3 is 1.88 bits per heavy atom. The van der Waals surface area contributed by atoms with E-state index in [0.29, 0.717) is 6.42 Å². The highest BCUT2D eigenvalue weighted by Gasteiger charge is 2.32. The van der Waals surface area contributed by atoms with Gasteiger partial charge in [0.25, 0.3) is 0 Å². The Morgan fingerprint density at radius 1 is 0.750 bits per heavy atom. The molecule has 1 aromatic heterocycles. The average molecular weight is 331 g/mol. The molecule has 0 aliphatic heterocycles. The summed E-state index contributed by atoms with van der Waals surface area (Å²) in [5.74, 6) is 0. The van der Waals surface area contributed by atoms with Gasteiger partial charge in [-0.2, -0.15) is 0 Å². The van der Waals surface area contributed by atoms with E-state index in [-0.39, 0.29) is 0 Å². The lowest BCUT2D eigenvalue weighted by Crippen LogP contribution is -2.30. The monoisotopic (exact) mass is 331 g/mol. The van der Waals surface area contributed by atoms with Crippen LogP contribution in [-0.2, 0) is 12.0 Å². The first-order chi connectivity index (χ1) is 11.8. The van der Waals surface area contributed by atoms with Crippen LogP contribution in [-0.4, -0.2) is 10.1 Å². The quantitative estimate of drug-likeness (QED) is 0.584. The summed E-state index contributed by atoms with van der Waals surface area (Å²) < 4.78 is 1.15. The summed E-state index contributed by atoms with van der Waals surface area (Å²) in [6.45, 7) is 0. The van der Waals surface area contributed by atoms with Crippen molar-refractivity contribution in [3.05, 3.63) is 101 Å². The predicted molar refractivity (Wildman–Crippen MR) is 99.2 cm³/mol. The van der Waals surface area contributed by atoms with Gasteiger partial charge in [-0.05, 0) is 23.3 Å². The second kappa shape index (κ2) is 6.19. The number of aliphatic hydroxyl groups is 1. The summed E-state index contributed by atoms with van der Waals surface area (Å²) in [6.07, 6.45) is 0.459. The molecule has 0 aliphatic carbocycles. The van der Waals surface area contributed by atoms with Gasteiger partial charge < -0.3 is 5.11 Å². The number of thiazole rings is 1. The van der Waals surface area contributed by atoms with Crippen molar-refractivity contribution < 1.29 is 5.11 Å². The van der Waals surface area contributed by atoms with E-state index in [0.717, 1.165) is 26.4 Å². The molecule has 0 unspecified atom stereocenters. The third-order valence-corrected chi connectivity index (χ3v) is 5.28. The van der Waals surface area contributed by atoms with Crippen molar-refractivity contribution >= 4 is 21.6 Å². The van der Waals surface area contributed by atoms with E-state index >= 15 is 0 Å². The van der Waals surface area contributed by atoms with E-state index in [1.807, 2.05) is 78.9 Å². The van der Waals surface area contributed by atoms with Crippen LogP contribution < -0.4 is 0 Å². The van der Waals surface area contributed by atoms with E-state index in [2.05, 4.69) is 6.07 Å². The van der Waals surface area contributed by atoms with Crippen LogP contribution in [0.25, 0.3) is 10.2 Å². The molecule has 1 N–H and O–H groups in total. The number of nitrogens with zero attached hydrogens (tertiary/aromatic N) is 1. The lowest BCUT2D eigenvalue weighted by atomic mass is 9.84. The van der Waals surface area contributed by atoms with Crippen LogP contribution in [0, 0.1) is 0 Å². The number of hydrogen-bond acceptors (Lipinski definition) is 3. The molecule has 0 atom stereocenters. The van der Waals surface area contributed by atoms with Crippen LogP contribution in [0.1, 0.15) is 16.1 Å². The number of rotatable bonds is 4. The fourth-order valence-corrected chi connectivity index (χ4v) is 4.06. The Balaban J connectivity index is 1.81. The first kappa shape index (κ1) is 15.1. The zero-order valence-electron chi connectivity index (χ0n) is 13.1. The van der Waals surface area contributed by atoms with E-state index in [1.54, 1.807) is 11.3 Å². The van der Waals surface area contributed by atoms with Gasteiger partial charge in [0.2, 0.25) is 0 Å². The summed E-state index contributed by atoms with van der Waals surface area (Å²) >= 11 is 1.64. The highest BCUT2D eigenvalue weighted by Crippen LogP contribution is 2.35. The second-order valence-corrected chi connectivity index (χ2v) is 6.96. The van der Waals surface area contributed by atoms with Crippen molar-refractivity contribution in [3.63, 3.8) is 0 Å². The average Bonchev–Trinajstić information content (AvgIpc) is 3.05. The first-order valence-corrected chi connectivity index (χ1v) is 8.75. The minimum Gasteiger partial charge on any atom is -0.380 e. The van der Waals surface area contributed by atoms with Crippen molar-refractivity contribution in [2.75, 3.05) is 0 Å². The van der Waals surface area contributed by atoms with Crippen molar-refractivity contribution in [2.24, 2.45) is 0 Å². The van der Waals surface area contributed by atoms with Crippen LogP contribution in [0.5, 0.6) is 0 Å². The van der Waals surface area contributed by atoms with Gasteiger partial charge >= 0.3 is 0 Å². The third-order valence-electron chi connectivity index (χ3n) is 4.25. The van der Waals surface area contributed by atoms with Crippen LogP contribution in [0.15, 0.2) is 84.9 Å². The Bertz CT molecular complexity index is 875. The zero-order valence-corrected chi connectivity index (χ0v) is 13.9. The molecule has 118 valence electrons. The predicted octanol–water partition coefficient (Wildman–Crippen LogP) is 4.77. The van der Waals surface area contributed by atoms with E-state index in [9.17, 15) is 5.11 Å². The fraction of sp³-hybridized carbons (Fsp3) is 0.0952. The van der Waals surface area contributed by atoms with Crippen LogP contribution in [0.4, 0.5) is 0 Å². The van der Waals surface area contributed by atoms with Gasteiger partial charge in [-0.25, -0.2) is 4.98 Å². The Kier molecular flexibility index (Phi) is 3.89. The molecule has 0 fully saturated rings. The highest BCUT2D eigenvalue weighted by molar-refractivity contribution is 7.18. The van der Waals surface area contributed by atoms with Gasteiger partial charge in [0.1, 0.15) is 5.60 Å². The summed E-state index contributed by atoms with van der Waals surface area (Å²) in [7, 11) is 0. The minimum atomic E-state index is -1.09. The summed E-state index contributed by atoms with van der Waals surface area (Å²) in [5.41, 5.74) is 1.67.